The summed E-state index contributed by atoms with van der Waals surface area (Å²) in [5, 5.41) is 13.9. The van der Waals surface area contributed by atoms with E-state index in [2.05, 4.69) is 16.1 Å². The molecule has 2 aromatic rings. The number of aromatic hydroxyl groups is 1. The first-order chi connectivity index (χ1) is 10.2. The van der Waals surface area contributed by atoms with Crippen molar-refractivity contribution in [1.82, 2.24) is 19.7 Å². The van der Waals surface area contributed by atoms with Crippen LogP contribution in [0.4, 0.5) is 0 Å². The number of pyridine rings is 1. The highest BCUT2D eigenvalue weighted by molar-refractivity contribution is 5.92. The van der Waals surface area contributed by atoms with Crippen molar-refractivity contribution in [2.45, 2.75) is 31.8 Å². The van der Waals surface area contributed by atoms with E-state index in [-0.39, 0.29) is 11.7 Å². The zero-order valence-corrected chi connectivity index (χ0v) is 11.6. The van der Waals surface area contributed by atoms with Crippen LogP contribution in [-0.2, 0) is 13.1 Å². The van der Waals surface area contributed by atoms with Crippen molar-refractivity contribution in [3.8, 4) is 5.75 Å². The number of hydrogen-bond donors (Lipinski definition) is 1. The molecule has 0 radical (unpaired) electrons. The van der Waals surface area contributed by atoms with E-state index in [1.54, 1.807) is 11.0 Å². The molecule has 1 N–H and O–H groups in total. The number of hydrogen-bond acceptors (Lipinski definition) is 4. The first kappa shape index (κ1) is 12.4. The van der Waals surface area contributed by atoms with Crippen molar-refractivity contribution in [3.63, 3.8) is 0 Å². The van der Waals surface area contributed by atoms with E-state index in [0.29, 0.717) is 24.7 Å². The third kappa shape index (κ3) is 2.26. The Morgan fingerprint density at radius 2 is 2.14 bits per heavy atom. The Morgan fingerprint density at radius 1 is 1.29 bits per heavy atom. The van der Waals surface area contributed by atoms with E-state index in [1.165, 1.54) is 30.8 Å². The predicted molar refractivity (Wildman–Crippen MR) is 74.8 cm³/mol. The molecule has 21 heavy (non-hydrogen) atoms. The van der Waals surface area contributed by atoms with Crippen LogP contribution in [0.25, 0.3) is 0 Å². The van der Waals surface area contributed by atoms with Crippen molar-refractivity contribution < 1.29 is 9.90 Å². The van der Waals surface area contributed by atoms with Gasteiger partial charge in [0.2, 0.25) is 0 Å². The van der Waals surface area contributed by atoms with Crippen LogP contribution < -0.4 is 0 Å². The van der Waals surface area contributed by atoms with Crippen molar-refractivity contribution in [3.05, 3.63) is 41.5 Å². The Hall–Kier alpha value is -2.37. The lowest BCUT2D eigenvalue weighted by Crippen LogP contribution is -2.38. The van der Waals surface area contributed by atoms with Gasteiger partial charge in [0.1, 0.15) is 11.4 Å². The molecule has 0 atom stereocenters. The lowest BCUT2D eigenvalue weighted by Gasteiger charge is -2.27. The summed E-state index contributed by atoms with van der Waals surface area (Å²) in [6, 6.07) is 5.17. The average Bonchev–Trinajstić information content (AvgIpc) is 3.26. The average molecular weight is 284 g/mol. The van der Waals surface area contributed by atoms with Gasteiger partial charge in [-0.05, 0) is 31.0 Å². The maximum atomic E-state index is 12.4. The monoisotopic (exact) mass is 284 g/mol. The largest absolute Gasteiger partial charge is 0.506 e. The first-order valence-corrected chi connectivity index (χ1v) is 7.21. The molecule has 0 unspecified atom stereocenters. The number of nitrogens with zero attached hydrogens (tertiary/aromatic N) is 4. The Morgan fingerprint density at radius 3 is 2.86 bits per heavy atom. The SMILES string of the molecule is O=C(c1ccc(O)cn1)N1CCn2nc(C3CC3)cc2C1. The summed E-state index contributed by atoms with van der Waals surface area (Å²) in [5.74, 6) is 0.596. The highest BCUT2D eigenvalue weighted by atomic mass is 16.3. The van der Waals surface area contributed by atoms with Gasteiger partial charge in [-0.3, -0.25) is 9.48 Å². The van der Waals surface area contributed by atoms with E-state index in [0.717, 1.165) is 12.2 Å². The van der Waals surface area contributed by atoms with Crippen LogP contribution in [0.5, 0.6) is 5.75 Å². The summed E-state index contributed by atoms with van der Waals surface area (Å²) in [4.78, 5) is 18.2. The van der Waals surface area contributed by atoms with Crippen molar-refractivity contribution >= 4 is 5.91 Å². The fourth-order valence-electron chi connectivity index (χ4n) is 2.72. The molecule has 4 rings (SSSR count). The molecular weight excluding hydrogens is 268 g/mol. The van der Waals surface area contributed by atoms with Gasteiger partial charge in [-0.25, -0.2) is 4.98 Å². The second-order valence-corrected chi connectivity index (χ2v) is 5.69. The van der Waals surface area contributed by atoms with E-state index in [4.69, 9.17) is 0 Å². The zero-order valence-electron chi connectivity index (χ0n) is 11.6. The normalized spacial score (nSPS) is 17.6. The molecule has 1 aliphatic heterocycles. The summed E-state index contributed by atoms with van der Waals surface area (Å²) in [5.41, 5.74) is 2.63. The van der Waals surface area contributed by atoms with E-state index >= 15 is 0 Å². The van der Waals surface area contributed by atoms with Crippen molar-refractivity contribution in [2.75, 3.05) is 6.54 Å². The molecule has 0 bridgehead atoms. The summed E-state index contributed by atoms with van der Waals surface area (Å²) < 4.78 is 2.02. The molecule has 0 aromatic carbocycles. The van der Waals surface area contributed by atoms with Crippen LogP contribution in [0.1, 0.15) is 40.6 Å². The summed E-state index contributed by atoms with van der Waals surface area (Å²) in [6.07, 6.45) is 3.76. The highest BCUT2D eigenvalue weighted by Gasteiger charge is 2.30. The summed E-state index contributed by atoms with van der Waals surface area (Å²) in [7, 11) is 0. The Labute approximate surface area is 122 Å². The standard InChI is InChI=1S/C15H16N4O2/c20-12-3-4-13(16-8-12)15(21)18-5-6-19-11(9-18)7-14(17-19)10-1-2-10/h3-4,7-8,10,20H,1-2,5-6,9H2. The topological polar surface area (TPSA) is 71.2 Å². The van der Waals surface area contributed by atoms with Crippen LogP contribution in [0.3, 0.4) is 0 Å². The van der Waals surface area contributed by atoms with Crippen LogP contribution in [-0.4, -0.2) is 37.2 Å². The number of amides is 1. The number of carbonyl (C=O) groups excluding carboxylic acids is 1. The fourth-order valence-corrected chi connectivity index (χ4v) is 2.72. The van der Waals surface area contributed by atoms with Gasteiger partial charge in [-0.15, -0.1) is 0 Å². The molecule has 6 heteroatoms. The molecule has 3 heterocycles. The van der Waals surface area contributed by atoms with Gasteiger partial charge in [0.05, 0.1) is 30.7 Å². The zero-order chi connectivity index (χ0) is 14.4. The molecule has 1 amide bonds. The number of carbonyl (C=O) groups is 1. The van der Waals surface area contributed by atoms with Gasteiger partial charge in [0.25, 0.3) is 5.91 Å². The molecular formula is C15H16N4O2. The molecule has 2 aromatic heterocycles. The molecule has 108 valence electrons. The second-order valence-electron chi connectivity index (χ2n) is 5.69. The van der Waals surface area contributed by atoms with Gasteiger partial charge in [-0.1, -0.05) is 0 Å². The predicted octanol–water partition coefficient (Wildman–Crippen LogP) is 1.52. The lowest BCUT2D eigenvalue weighted by atomic mass is 10.2. The van der Waals surface area contributed by atoms with E-state index < -0.39 is 0 Å². The van der Waals surface area contributed by atoms with Crippen LogP contribution >= 0.6 is 0 Å². The van der Waals surface area contributed by atoms with Crippen molar-refractivity contribution in [2.24, 2.45) is 0 Å². The Balaban J connectivity index is 1.54. The minimum Gasteiger partial charge on any atom is -0.506 e. The summed E-state index contributed by atoms with van der Waals surface area (Å²) in [6.45, 7) is 1.94. The second kappa shape index (κ2) is 4.58. The third-order valence-corrected chi connectivity index (χ3v) is 4.07. The number of rotatable bonds is 2. The Bertz CT molecular complexity index is 688. The smallest absolute Gasteiger partial charge is 0.272 e. The lowest BCUT2D eigenvalue weighted by molar-refractivity contribution is 0.0700. The molecule has 1 aliphatic carbocycles. The molecule has 6 nitrogen and oxygen atoms in total. The minimum absolute atomic E-state index is 0.0670. The summed E-state index contributed by atoms with van der Waals surface area (Å²) >= 11 is 0. The minimum atomic E-state index is -0.101. The quantitative estimate of drug-likeness (QED) is 0.907. The first-order valence-electron chi connectivity index (χ1n) is 7.21. The van der Waals surface area contributed by atoms with Gasteiger partial charge < -0.3 is 10.0 Å². The highest BCUT2D eigenvalue weighted by Crippen LogP contribution is 2.39. The van der Waals surface area contributed by atoms with Gasteiger partial charge in [0.15, 0.2) is 0 Å². The van der Waals surface area contributed by atoms with Crippen LogP contribution in [0.15, 0.2) is 24.4 Å². The van der Waals surface area contributed by atoms with Crippen LogP contribution in [0, 0.1) is 0 Å². The van der Waals surface area contributed by atoms with Gasteiger partial charge in [-0.2, -0.15) is 5.10 Å². The molecule has 0 spiro atoms. The number of aromatic nitrogens is 3. The molecule has 0 saturated heterocycles. The van der Waals surface area contributed by atoms with Crippen LogP contribution in [0.2, 0.25) is 0 Å². The molecule has 2 aliphatic rings. The van der Waals surface area contributed by atoms with E-state index in [1.807, 2.05) is 4.68 Å². The third-order valence-electron chi connectivity index (χ3n) is 4.07. The Kier molecular flexibility index (Phi) is 2.70. The van der Waals surface area contributed by atoms with Gasteiger partial charge in [0, 0.05) is 12.5 Å². The van der Waals surface area contributed by atoms with Gasteiger partial charge >= 0.3 is 0 Å². The van der Waals surface area contributed by atoms with Crippen molar-refractivity contribution in [1.29, 1.82) is 0 Å². The fraction of sp³-hybridized carbons (Fsp3) is 0.400. The van der Waals surface area contributed by atoms with E-state index in [9.17, 15) is 9.90 Å². The number of fused-ring (bicyclic) bond motifs is 1. The molecule has 1 fully saturated rings. The maximum absolute atomic E-state index is 12.4. The maximum Gasteiger partial charge on any atom is 0.272 e. The molecule has 1 saturated carbocycles.